The van der Waals surface area contributed by atoms with Gasteiger partial charge in [-0.05, 0) is 30.7 Å². The summed E-state index contributed by atoms with van der Waals surface area (Å²) in [6, 6.07) is 0. The van der Waals surface area contributed by atoms with Crippen molar-refractivity contribution in [3.8, 4) is 0 Å². The molecule has 0 saturated carbocycles. The van der Waals surface area contributed by atoms with Crippen LogP contribution in [0.15, 0.2) is 0 Å². The highest BCUT2D eigenvalue weighted by Gasteiger charge is 2.44. The summed E-state index contributed by atoms with van der Waals surface area (Å²) in [5.41, 5.74) is -0.355. The van der Waals surface area contributed by atoms with E-state index >= 15 is 0 Å². The smallest absolute Gasteiger partial charge is 0.310 e. The third-order valence-electron chi connectivity index (χ3n) is 4.18. The second-order valence-electron chi connectivity index (χ2n) is 6.59. The zero-order valence-corrected chi connectivity index (χ0v) is 11.7. The van der Waals surface area contributed by atoms with Crippen LogP contribution >= 0.6 is 0 Å². The number of rotatable bonds is 4. The van der Waals surface area contributed by atoms with Crippen molar-refractivity contribution in [3.63, 3.8) is 0 Å². The topological polar surface area (TPSA) is 49.3 Å². The minimum Gasteiger partial charge on any atom is -0.481 e. The zero-order chi connectivity index (χ0) is 13.1. The van der Waals surface area contributed by atoms with Gasteiger partial charge >= 0.3 is 5.97 Å². The SMILES string of the molecule is CCCC[C@]1(C(=O)O)CNC[C@H](C(C)(C)C)C1. The van der Waals surface area contributed by atoms with Crippen molar-refractivity contribution in [2.24, 2.45) is 16.7 Å². The molecular weight excluding hydrogens is 214 g/mol. The first-order valence-electron chi connectivity index (χ1n) is 6.76. The molecule has 2 atom stereocenters. The summed E-state index contributed by atoms with van der Waals surface area (Å²) in [6.07, 6.45) is 3.69. The maximum absolute atomic E-state index is 11.6. The molecule has 1 aliphatic heterocycles. The van der Waals surface area contributed by atoms with Gasteiger partial charge in [-0.25, -0.2) is 0 Å². The Morgan fingerprint density at radius 2 is 2.12 bits per heavy atom. The average molecular weight is 241 g/mol. The molecule has 3 heteroatoms. The number of nitrogens with one attached hydrogen (secondary N) is 1. The van der Waals surface area contributed by atoms with Crippen molar-refractivity contribution in [2.45, 2.75) is 53.4 Å². The van der Waals surface area contributed by atoms with E-state index in [1.807, 2.05) is 0 Å². The molecule has 3 nitrogen and oxygen atoms in total. The monoisotopic (exact) mass is 241 g/mol. The molecule has 100 valence electrons. The van der Waals surface area contributed by atoms with Gasteiger partial charge in [0.1, 0.15) is 0 Å². The lowest BCUT2D eigenvalue weighted by molar-refractivity contribution is -0.152. The van der Waals surface area contributed by atoms with E-state index < -0.39 is 11.4 Å². The molecule has 0 aromatic rings. The molecule has 0 radical (unpaired) electrons. The van der Waals surface area contributed by atoms with Crippen molar-refractivity contribution in [1.29, 1.82) is 0 Å². The van der Waals surface area contributed by atoms with Crippen LogP contribution < -0.4 is 5.32 Å². The Morgan fingerprint density at radius 3 is 2.59 bits per heavy atom. The molecule has 0 bridgehead atoms. The Balaban J connectivity index is 2.80. The molecule has 2 N–H and O–H groups in total. The number of carboxylic acid groups (broad SMARTS) is 1. The number of unbranched alkanes of at least 4 members (excludes halogenated alkanes) is 1. The molecule has 0 aromatic carbocycles. The minimum absolute atomic E-state index is 0.181. The number of aliphatic carboxylic acids is 1. The number of carbonyl (C=O) groups is 1. The minimum atomic E-state index is -0.618. The molecule has 0 spiro atoms. The van der Waals surface area contributed by atoms with Crippen LogP contribution in [0, 0.1) is 16.7 Å². The van der Waals surface area contributed by atoms with Gasteiger partial charge in [0.25, 0.3) is 0 Å². The summed E-state index contributed by atoms with van der Waals surface area (Å²) in [4.78, 5) is 11.6. The summed E-state index contributed by atoms with van der Waals surface area (Å²) in [6.45, 7) is 10.3. The summed E-state index contributed by atoms with van der Waals surface area (Å²) in [7, 11) is 0. The first-order valence-corrected chi connectivity index (χ1v) is 6.76. The average Bonchev–Trinajstić information content (AvgIpc) is 2.25. The molecule has 0 aromatic heterocycles. The zero-order valence-electron chi connectivity index (χ0n) is 11.7. The Bertz CT molecular complexity index is 270. The van der Waals surface area contributed by atoms with E-state index in [1.54, 1.807) is 0 Å². The van der Waals surface area contributed by atoms with Gasteiger partial charge in [-0.2, -0.15) is 0 Å². The van der Waals surface area contributed by atoms with Crippen LogP contribution in [-0.4, -0.2) is 24.2 Å². The molecule has 1 fully saturated rings. The lowest BCUT2D eigenvalue weighted by Gasteiger charge is -2.43. The van der Waals surface area contributed by atoms with Crippen LogP contribution in [0.3, 0.4) is 0 Å². The van der Waals surface area contributed by atoms with Gasteiger partial charge in [-0.1, -0.05) is 40.5 Å². The van der Waals surface area contributed by atoms with E-state index in [2.05, 4.69) is 33.0 Å². The Morgan fingerprint density at radius 1 is 1.47 bits per heavy atom. The Kier molecular flexibility index (Phi) is 4.59. The summed E-state index contributed by atoms with van der Waals surface area (Å²) >= 11 is 0. The predicted molar refractivity (Wildman–Crippen MR) is 70.0 cm³/mol. The fourth-order valence-corrected chi connectivity index (χ4v) is 2.69. The predicted octanol–water partition coefficient (Wildman–Crippen LogP) is 2.90. The number of piperidine rings is 1. The highest BCUT2D eigenvalue weighted by Crippen LogP contribution is 2.41. The van der Waals surface area contributed by atoms with Crippen LogP contribution in [0.5, 0.6) is 0 Å². The third kappa shape index (κ3) is 3.44. The molecule has 1 saturated heterocycles. The number of hydrogen-bond donors (Lipinski definition) is 2. The van der Waals surface area contributed by atoms with E-state index in [0.29, 0.717) is 12.5 Å². The fourth-order valence-electron chi connectivity index (χ4n) is 2.69. The lowest BCUT2D eigenvalue weighted by atomic mass is 9.66. The Labute approximate surface area is 105 Å². The molecular formula is C14H27NO2. The highest BCUT2D eigenvalue weighted by molar-refractivity contribution is 5.75. The quantitative estimate of drug-likeness (QED) is 0.795. The van der Waals surface area contributed by atoms with E-state index in [0.717, 1.165) is 32.2 Å². The first-order chi connectivity index (χ1) is 7.82. The van der Waals surface area contributed by atoms with Crippen molar-refractivity contribution < 1.29 is 9.90 Å². The largest absolute Gasteiger partial charge is 0.481 e. The maximum atomic E-state index is 11.6. The fraction of sp³-hybridized carbons (Fsp3) is 0.929. The van der Waals surface area contributed by atoms with Gasteiger partial charge < -0.3 is 10.4 Å². The van der Waals surface area contributed by atoms with E-state index in [1.165, 1.54) is 0 Å². The van der Waals surface area contributed by atoms with Gasteiger partial charge in [-0.3, -0.25) is 4.79 Å². The van der Waals surface area contributed by atoms with Crippen LogP contribution in [0.2, 0.25) is 0 Å². The highest BCUT2D eigenvalue weighted by atomic mass is 16.4. The second kappa shape index (κ2) is 5.38. The third-order valence-corrected chi connectivity index (χ3v) is 4.18. The van der Waals surface area contributed by atoms with Crippen LogP contribution in [0.25, 0.3) is 0 Å². The molecule has 1 heterocycles. The normalized spacial score (nSPS) is 30.2. The molecule has 0 unspecified atom stereocenters. The molecule has 1 aliphatic rings. The molecule has 1 rings (SSSR count). The van der Waals surface area contributed by atoms with Crippen molar-refractivity contribution in [3.05, 3.63) is 0 Å². The van der Waals surface area contributed by atoms with Crippen molar-refractivity contribution in [2.75, 3.05) is 13.1 Å². The van der Waals surface area contributed by atoms with Gasteiger partial charge in [0, 0.05) is 6.54 Å². The molecule has 0 amide bonds. The van der Waals surface area contributed by atoms with Gasteiger partial charge in [0.05, 0.1) is 5.41 Å². The summed E-state index contributed by atoms with van der Waals surface area (Å²) in [5.74, 6) is -0.170. The van der Waals surface area contributed by atoms with Gasteiger partial charge in [0.2, 0.25) is 0 Å². The standard InChI is InChI=1S/C14H27NO2/c1-5-6-7-14(12(16)17)8-11(9-15-10-14)13(2,3)4/h11,15H,5-10H2,1-4H3,(H,16,17)/t11-,14-/m1/s1. The Hall–Kier alpha value is -0.570. The maximum Gasteiger partial charge on any atom is 0.310 e. The summed E-state index contributed by atoms with van der Waals surface area (Å²) < 4.78 is 0. The van der Waals surface area contributed by atoms with E-state index in [-0.39, 0.29) is 5.41 Å². The summed E-state index contributed by atoms with van der Waals surface area (Å²) in [5, 5.41) is 12.9. The van der Waals surface area contributed by atoms with Crippen LogP contribution in [0.4, 0.5) is 0 Å². The van der Waals surface area contributed by atoms with Crippen LogP contribution in [0.1, 0.15) is 53.4 Å². The van der Waals surface area contributed by atoms with Gasteiger partial charge in [-0.15, -0.1) is 0 Å². The lowest BCUT2D eigenvalue weighted by Crippen LogP contribution is -2.51. The van der Waals surface area contributed by atoms with E-state index in [9.17, 15) is 9.90 Å². The van der Waals surface area contributed by atoms with Crippen molar-refractivity contribution >= 4 is 5.97 Å². The number of hydrogen-bond acceptors (Lipinski definition) is 2. The van der Waals surface area contributed by atoms with Crippen LogP contribution in [-0.2, 0) is 4.79 Å². The first kappa shape index (κ1) is 14.5. The van der Waals surface area contributed by atoms with Crippen molar-refractivity contribution in [1.82, 2.24) is 5.32 Å². The molecule has 17 heavy (non-hydrogen) atoms. The van der Waals surface area contributed by atoms with Gasteiger partial charge in [0.15, 0.2) is 0 Å². The molecule has 0 aliphatic carbocycles. The van der Waals surface area contributed by atoms with E-state index in [4.69, 9.17) is 0 Å². The second-order valence-corrected chi connectivity index (χ2v) is 6.59. The number of carboxylic acids is 1.